The third-order valence-corrected chi connectivity index (χ3v) is 2.81. The summed E-state index contributed by atoms with van der Waals surface area (Å²) in [5, 5.41) is 0. The first-order valence-electron chi connectivity index (χ1n) is 6.09. The SMILES string of the molecule is COc1ccccc1C(CN)Oc1cc(F)cc(F)c1. The van der Waals surface area contributed by atoms with Crippen molar-refractivity contribution in [1.29, 1.82) is 0 Å². The van der Waals surface area contributed by atoms with Crippen molar-refractivity contribution in [1.82, 2.24) is 0 Å². The summed E-state index contributed by atoms with van der Waals surface area (Å²) in [6, 6.07) is 10.2. The zero-order valence-corrected chi connectivity index (χ0v) is 11.0. The third kappa shape index (κ3) is 3.24. The molecule has 3 nitrogen and oxygen atoms in total. The van der Waals surface area contributed by atoms with Gasteiger partial charge in [0.25, 0.3) is 0 Å². The van der Waals surface area contributed by atoms with Crippen molar-refractivity contribution in [3.63, 3.8) is 0 Å². The van der Waals surface area contributed by atoms with E-state index in [4.69, 9.17) is 15.2 Å². The van der Waals surface area contributed by atoms with Gasteiger partial charge >= 0.3 is 0 Å². The van der Waals surface area contributed by atoms with Gasteiger partial charge in [-0.15, -0.1) is 0 Å². The number of benzene rings is 2. The van der Waals surface area contributed by atoms with Crippen LogP contribution in [0.25, 0.3) is 0 Å². The first-order chi connectivity index (χ1) is 9.63. The molecule has 0 aliphatic rings. The molecule has 2 aromatic rings. The van der Waals surface area contributed by atoms with Crippen molar-refractivity contribution in [3.8, 4) is 11.5 Å². The second-order valence-corrected chi connectivity index (χ2v) is 4.19. The number of ether oxygens (including phenoxy) is 2. The number of rotatable bonds is 5. The second-order valence-electron chi connectivity index (χ2n) is 4.19. The molecule has 0 aliphatic carbocycles. The van der Waals surface area contributed by atoms with E-state index in [1.807, 2.05) is 12.1 Å². The van der Waals surface area contributed by atoms with Crippen LogP contribution in [-0.4, -0.2) is 13.7 Å². The molecular formula is C15H15F2NO2. The molecule has 0 spiro atoms. The Morgan fingerprint density at radius 3 is 2.35 bits per heavy atom. The quantitative estimate of drug-likeness (QED) is 0.915. The molecule has 1 atom stereocenters. The van der Waals surface area contributed by atoms with Crippen LogP contribution in [0.4, 0.5) is 8.78 Å². The lowest BCUT2D eigenvalue weighted by molar-refractivity contribution is 0.207. The van der Waals surface area contributed by atoms with Crippen LogP contribution in [0.3, 0.4) is 0 Å². The Bertz CT molecular complexity index is 570. The van der Waals surface area contributed by atoms with Gasteiger partial charge < -0.3 is 15.2 Å². The first-order valence-corrected chi connectivity index (χ1v) is 6.09. The molecule has 0 saturated heterocycles. The highest BCUT2D eigenvalue weighted by atomic mass is 19.1. The standard InChI is InChI=1S/C15H15F2NO2/c1-19-14-5-3-2-4-13(14)15(9-18)20-12-7-10(16)6-11(17)8-12/h2-8,15H,9,18H2,1H3. The van der Waals surface area contributed by atoms with Crippen LogP contribution in [0.15, 0.2) is 42.5 Å². The van der Waals surface area contributed by atoms with E-state index < -0.39 is 17.7 Å². The summed E-state index contributed by atoms with van der Waals surface area (Å²) in [7, 11) is 1.54. The highest BCUT2D eigenvalue weighted by molar-refractivity contribution is 5.36. The molecule has 0 saturated carbocycles. The largest absolute Gasteiger partial charge is 0.496 e. The highest BCUT2D eigenvalue weighted by Crippen LogP contribution is 2.29. The molecule has 0 amide bonds. The summed E-state index contributed by atoms with van der Waals surface area (Å²) in [4.78, 5) is 0. The van der Waals surface area contributed by atoms with Gasteiger partial charge in [0, 0.05) is 30.3 Å². The van der Waals surface area contributed by atoms with E-state index in [0.717, 1.165) is 23.8 Å². The van der Waals surface area contributed by atoms with Crippen LogP contribution in [0, 0.1) is 11.6 Å². The molecule has 20 heavy (non-hydrogen) atoms. The minimum atomic E-state index is -0.698. The van der Waals surface area contributed by atoms with Crippen molar-refractivity contribution in [2.24, 2.45) is 5.73 Å². The van der Waals surface area contributed by atoms with Gasteiger partial charge in [-0.1, -0.05) is 18.2 Å². The predicted molar refractivity (Wildman–Crippen MR) is 71.8 cm³/mol. The van der Waals surface area contributed by atoms with E-state index in [0.29, 0.717) is 5.75 Å². The minimum Gasteiger partial charge on any atom is -0.496 e. The number of para-hydroxylation sites is 1. The number of nitrogens with two attached hydrogens (primary N) is 1. The molecule has 0 heterocycles. The molecule has 0 fully saturated rings. The second kappa shape index (κ2) is 6.34. The average Bonchev–Trinajstić information content (AvgIpc) is 2.43. The van der Waals surface area contributed by atoms with Crippen LogP contribution >= 0.6 is 0 Å². The van der Waals surface area contributed by atoms with Gasteiger partial charge in [-0.2, -0.15) is 0 Å². The van der Waals surface area contributed by atoms with Crippen molar-refractivity contribution in [2.45, 2.75) is 6.10 Å². The van der Waals surface area contributed by atoms with E-state index >= 15 is 0 Å². The summed E-state index contributed by atoms with van der Waals surface area (Å²) in [5.74, 6) is -0.699. The molecule has 0 bridgehead atoms. The fourth-order valence-corrected chi connectivity index (χ4v) is 1.93. The Kier molecular flexibility index (Phi) is 4.53. The van der Waals surface area contributed by atoms with Crippen LogP contribution in [0.1, 0.15) is 11.7 Å². The molecule has 2 aromatic carbocycles. The van der Waals surface area contributed by atoms with Crippen molar-refractivity contribution in [2.75, 3.05) is 13.7 Å². The maximum Gasteiger partial charge on any atom is 0.139 e. The topological polar surface area (TPSA) is 44.5 Å². The normalized spacial score (nSPS) is 12.0. The van der Waals surface area contributed by atoms with Gasteiger partial charge in [-0.05, 0) is 6.07 Å². The van der Waals surface area contributed by atoms with Gasteiger partial charge in [0.15, 0.2) is 0 Å². The molecular weight excluding hydrogens is 264 g/mol. The highest BCUT2D eigenvalue weighted by Gasteiger charge is 2.16. The lowest BCUT2D eigenvalue weighted by Gasteiger charge is -2.20. The van der Waals surface area contributed by atoms with Crippen LogP contribution in [-0.2, 0) is 0 Å². The van der Waals surface area contributed by atoms with Crippen molar-refractivity contribution >= 4 is 0 Å². The maximum atomic E-state index is 13.2. The van der Waals surface area contributed by atoms with E-state index in [-0.39, 0.29) is 12.3 Å². The first kappa shape index (κ1) is 14.3. The van der Waals surface area contributed by atoms with Crippen LogP contribution in [0.5, 0.6) is 11.5 Å². The van der Waals surface area contributed by atoms with Crippen LogP contribution in [0.2, 0.25) is 0 Å². The predicted octanol–water partition coefficient (Wildman–Crippen LogP) is 3.05. The van der Waals surface area contributed by atoms with E-state index in [1.54, 1.807) is 12.1 Å². The maximum absolute atomic E-state index is 13.2. The lowest BCUT2D eigenvalue weighted by Crippen LogP contribution is -2.19. The summed E-state index contributed by atoms with van der Waals surface area (Å²) in [5.41, 5.74) is 6.41. The zero-order chi connectivity index (χ0) is 14.5. The van der Waals surface area contributed by atoms with E-state index in [9.17, 15) is 8.78 Å². The number of hydrogen-bond donors (Lipinski definition) is 1. The van der Waals surface area contributed by atoms with Gasteiger partial charge in [0.05, 0.1) is 7.11 Å². The number of halogens is 2. The molecule has 2 N–H and O–H groups in total. The monoisotopic (exact) mass is 279 g/mol. The van der Waals surface area contributed by atoms with E-state index in [2.05, 4.69) is 0 Å². The zero-order valence-electron chi connectivity index (χ0n) is 11.0. The molecule has 0 radical (unpaired) electrons. The van der Waals surface area contributed by atoms with E-state index in [1.165, 1.54) is 7.11 Å². The Morgan fingerprint density at radius 2 is 1.75 bits per heavy atom. The number of hydrogen-bond acceptors (Lipinski definition) is 3. The van der Waals surface area contributed by atoms with Gasteiger partial charge in [0.2, 0.25) is 0 Å². The smallest absolute Gasteiger partial charge is 0.139 e. The van der Waals surface area contributed by atoms with Crippen molar-refractivity contribution in [3.05, 3.63) is 59.7 Å². The van der Waals surface area contributed by atoms with Gasteiger partial charge in [0.1, 0.15) is 29.2 Å². The Hall–Kier alpha value is -2.14. The molecule has 106 valence electrons. The summed E-state index contributed by atoms with van der Waals surface area (Å²) in [6.45, 7) is 0.151. The number of methoxy groups -OCH3 is 1. The molecule has 5 heteroatoms. The third-order valence-electron chi connectivity index (χ3n) is 2.81. The fourth-order valence-electron chi connectivity index (χ4n) is 1.93. The molecule has 0 aliphatic heterocycles. The molecule has 2 rings (SSSR count). The fraction of sp³-hybridized carbons (Fsp3) is 0.200. The van der Waals surface area contributed by atoms with Gasteiger partial charge in [-0.25, -0.2) is 8.78 Å². The van der Waals surface area contributed by atoms with Crippen molar-refractivity contribution < 1.29 is 18.3 Å². The Morgan fingerprint density at radius 1 is 1.10 bits per heavy atom. The lowest BCUT2D eigenvalue weighted by atomic mass is 10.1. The average molecular weight is 279 g/mol. The summed E-state index contributed by atoms with van der Waals surface area (Å²) < 4.78 is 37.1. The minimum absolute atomic E-state index is 0.0869. The Balaban J connectivity index is 2.28. The molecule has 1 unspecified atom stereocenters. The molecule has 0 aromatic heterocycles. The van der Waals surface area contributed by atoms with Crippen LogP contribution < -0.4 is 15.2 Å². The van der Waals surface area contributed by atoms with Gasteiger partial charge in [-0.3, -0.25) is 0 Å². The summed E-state index contributed by atoms with van der Waals surface area (Å²) >= 11 is 0. The summed E-state index contributed by atoms with van der Waals surface area (Å²) in [6.07, 6.45) is -0.549. The Labute approximate surface area is 115 Å².